The second-order valence-electron chi connectivity index (χ2n) is 3.21. The van der Waals surface area contributed by atoms with E-state index < -0.39 is 4.92 Å². The summed E-state index contributed by atoms with van der Waals surface area (Å²) in [7, 11) is 0. The molecule has 0 N–H and O–H groups in total. The number of hydrogen-bond acceptors (Lipinski definition) is 3. The highest BCUT2D eigenvalue weighted by Crippen LogP contribution is 2.23. The average Bonchev–Trinajstić information content (AvgIpc) is 2.13. The number of hydrogen-bond donors (Lipinski definition) is 0. The lowest BCUT2D eigenvalue weighted by Crippen LogP contribution is -1.94. The molecule has 0 atom stereocenters. The van der Waals surface area contributed by atoms with Gasteiger partial charge in [0.25, 0.3) is 5.69 Å². The Bertz CT molecular complexity index is 435. The predicted molar refractivity (Wildman–Crippen MR) is 57.5 cm³/mol. The summed E-state index contributed by atoms with van der Waals surface area (Å²) in [4.78, 5) is 21.1. The van der Waals surface area contributed by atoms with Gasteiger partial charge >= 0.3 is 0 Å². The topological polar surface area (TPSA) is 60.2 Å². The first kappa shape index (κ1) is 11.1. The fraction of sp³-hybridized carbons (Fsp3) is 0.182. The minimum atomic E-state index is -0.435. The number of ketones is 1. The lowest BCUT2D eigenvalue weighted by atomic mass is 10.1. The first-order valence-corrected chi connectivity index (χ1v) is 4.45. The third kappa shape index (κ3) is 2.74. The maximum Gasteiger partial charge on any atom is 0.279 e. The molecule has 0 unspecified atom stereocenters. The maximum absolute atomic E-state index is 10.8. The highest BCUT2D eigenvalue weighted by Gasteiger charge is 2.14. The molecule has 0 saturated heterocycles. The van der Waals surface area contributed by atoms with Crippen molar-refractivity contribution < 1.29 is 9.72 Å². The van der Waals surface area contributed by atoms with Crippen LogP contribution in [0.3, 0.4) is 0 Å². The molecule has 1 rings (SSSR count). The smallest absolute Gasteiger partial charge is 0.279 e. The second-order valence-corrected chi connectivity index (χ2v) is 3.21. The first-order chi connectivity index (χ1) is 7.02. The Kier molecular flexibility index (Phi) is 3.33. The third-order valence-electron chi connectivity index (χ3n) is 1.95. The van der Waals surface area contributed by atoms with E-state index in [1.807, 2.05) is 0 Å². The number of nitro benzene ring substituents is 1. The number of nitrogens with zero attached hydrogens (tertiary/aromatic N) is 1. The van der Waals surface area contributed by atoms with Gasteiger partial charge in [-0.3, -0.25) is 14.9 Å². The molecule has 0 heterocycles. The summed E-state index contributed by atoms with van der Waals surface area (Å²) in [6.07, 6.45) is 2.79. The summed E-state index contributed by atoms with van der Waals surface area (Å²) < 4.78 is 0. The molecule has 4 nitrogen and oxygen atoms in total. The van der Waals surface area contributed by atoms with Crippen molar-refractivity contribution >= 4 is 17.5 Å². The summed E-state index contributed by atoms with van der Waals surface area (Å²) >= 11 is 0. The zero-order valence-electron chi connectivity index (χ0n) is 8.56. The zero-order valence-corrected chi connectivity index (χ0v) is 8.56. The Labute approximate surface area is 87.4 Å². The van der Waals surface area contributed by atoms with Gasteiger partial charge in [0, 0.05) is 5.56 Å². The van der Waals surface area contributed by atoms with E-state index in [2.05, 4.69) is 0 Å². The van der Waals surface area contributed by atoms with E-state index in [4.69, 9.17) is 0 Å². The van der Waals surface area contributed by atoms with Gasteiger partial charge in [-0.25, -0.2) is 0 Å². The number of para-hydroxylation sites is 1. The molecule has 0 aromatic heterocycles. The van der Waals surface area contributed by atoms with Gasteiger partial charge < -0.3 is 0 Å². The van der Waals surface area contributed by atoms with Crippen LogP contribution in [0, 0.1) is 17.0 Å². The average molecular weight is 205 g/mol. The van der Waals surface area contributed by atoms with Crippen molar-refractivity contribution in [1.29, 1.82) is 0 Å². The molecular weight excluding hydrogens is 194 g/mol. The van der Waals surface area contributed by atoms with E-state index in [9.17, 15) is 14.9 Å². The molecule has 0 spiro atoms. The molecule has 0 aliphatic carbocycles. The monoisotopic (exact) mass is 205 g/mol. The Morgan fingerprint density at radius 1 is 1.47 bits per heavy atom. The number of benzene rings is 1. The van der Waals surface area contributed by atoms with Crippen molar-refractivity contribution in [2.75, 3.05) is 0 Å². The van der Waals surface area contributed by atoms with Crippen LogP contribution in [-0.2, 0) is 4.79 Å². The van der Waals surface area contributed by atoms with Gasteiger partial charge in [0.1, 0.15) is 0 Å². The predicted octanol–water partition coefficient (Wildman–Crippen LogP) is 2.51. The Morgan fingerprint density at radius 2 is 2.13 bits per heavy atom. The largest absolute Gasteiger partial charge is 0.295 e. The van der Waals surface area contributed by atoms with Crippen molar-refractivity contribution in [1.82, 2.24) is 0 Å². The van der Waals surface area contributed by atoms with E-state index in [-0.39, 0.29) is 11.5 Å². The first-order valence-electron chi connectivity index (χ1n) is 4.45. The number of allylic oxidation sites excluding steroid dienone is 1. The fourth-order valence-corrected chi connectivity index (χ4v) is 1.27. The van der Waals surface area contributed by atoms with Crippen LogP contribution in [0.15, 0.2) is 24.3 Å². The van der Waals surface area contributed by atoms with E-state index in [0.29, 0.717) is 11.1 Å². The molecule has 0 fully saturated rings. The lowest BCUT2D eigenvalue weighted by molar-refractivity contribution is -0.385. The van der Waals surface area contributed by atoms with E-state index in [1.165, 1.54) is 19.1 Å². The van der Waals surface area contributed by atoms with Crippen LogP contribution in [0.1, 0.15) is 18.1 Å². The summed E-state index contributed by atoms with van der Waals surface area (Å²) in [5, 5.41) is 10.8. The van der Waals surface area contributed by atoms with Crippen LogP contribution in [0.4, 0.5) is 5.69 Å². The molecule has 0 saturated carbocycles. The maximum atomic E-state index is 10.8. The molecule has 0 radical (unpaired) electrons. The van der Waals surface area contributed by atoms with Crippen molar-refractivity contribution in [3.63, 3.8) is 0 Å². The standard InChI is InChI=1S/C11H11NO3/c1-8-4-3-5-10(7-6-9(2)13)11(8)12(14)15/h3-7H,1-2H3/b7-6+. The summed E-state index contributed by atoms with van der Waals surface area (Å²) in [5.41, 5.74) is 1.09. The Hall–Kier alpha value is -1.97. The number of aryl methyl sites for hydroxylation is 1. The van der Waals surface area contributed by atoms with Gasteiger partial charge in [-0.1, -0.05) is 12.1 Å². The molecule has 0 aliphatic heterocycles. The van der Waals surface area contributed by atoms with E-state index in [1.54, 1.807) is 25.1 Å². The minimum absolute atomic E-state index is 0.0509. The fourth-order valence-electron chi connectivity index (χ4n) is 1.27. The molecule has 0 aliphatic rings. The van der Waals surface area contributed by atoms with Crippen molar-refractivity contribution in [2.24, 2.45) is 0 Å². The van der Waals surface area contributed by atoms with Gasteiger partial charge in [-0.2, -0.15) is 0 Å². The van der Waals surface area contributed by atoms with Crippen molar-refractivity contribution in [3.8, 4) is 0 Å². The van der Waals surface area contributed by atoms with Gasteiger partial charge in [0.2, 0.25) is 0 Å². The van der Waals surface area contributed by atoms with Crippen LogP contribution in [-0.4, -0.2) is 10.7 Å². The zero-order chi connectivity index (χ0) is 11.4. The number of rotatable bonds is 3. The summed E-state index contributed by atoms with van der Waals surface area (Å²) in [5.74, 6) is -0.134. The molecule has 4 heteroatoms. The molecule has 1 aromatic rings. The summed E-state index contributed by atoms with van der Waals surface area (Å²) in [6, 6.07) is 5.01. The van der Waals surface area contributed by atoms with Crippen molar-refractivity contribution in [2.45, 2.75) is 13.8 Å². The SMILES string of the molecule is CC(=O)/C=C/c1cccc(C)c1[N+](=O)[O-]. The van der Waals surface area contributed by atoms with Crippen LogP contribution < -0.4 is 0 Å². The van der Waals surface area contributed by atoms with Crippen LogP contribution in [0.5, 0.6) is 0 Å². The van der Waals surface area contributed by atoms with Crippen molar-refractivity contribution in [3.05, 3.63) is 45.5 Å². The van der Waals surface area contributed by atoms with E-state index in [0.717, 1.165) is 0 Å². The molecule has 15 heavy (non-hydrogen) atoms. The molecule has 1 aromatic carbocycles. The Balaban J connectivity index is 3.23. The minimum Gasteiger partial charge on any atom is -0.295 e. The number of carbonyl (C=O) groups is 1. The number of carbonyl (C=O) groups excluding carboxylic acids is 1. The van der Waals surface area contributed by atoms with Crippen LogP contribution in [0.25, 0.3) is 6.08 Å². The van der Waals surface area contributed by atoms with Gasteiger partial charge in [0.05, 0.1) is 10.5 Å². The highest BCUT2D eigenvalue weighted by molar-refractivity contribution is 5.92. The van der Waals surface area contributed by atoms with Gasteiger partial charge in [-0.05, 0) is 32.1 Å². The van der Waals surface area contributed by atoms with Crippen LogP contribution in [0.2, 0.25) is 0 Å². The van der Waals surface area contributed by atoms with E-state index >= 15 is 0 Å². The normalized spacial score (nSPS) is 10.5. The molecule has 0 amide bonds. The molecule has 0 bridgehead atoms. The third-order valence-corrected chi connectivity index (χ3v) is 1.95. The number of nitro groups is 1. The quantitative estimate of drug-likeness (QED) is 0.432. The van der Waals surface area contributed by atoms with Crippen LogP contribution >= 0.6 is 0 Å². The Morgan fingerprint density at radius 3 is 2.67 bits per heavy atom. The highest BCUT2D eigenvalue weighted by atomic mass is 16.6. The lowest BCUT2D eigenvalue weighted by Gasteiger charge is -2.00. The summed E-state index contributed by atoms with van der Waals surface area (Å²) in [6.45, 7) is 3.07. The second kappa shape index (κ2) is 4.50. The molecule has 78 valence electrons. The van der Waals surface area contributed by atoms with Gasteiger partial charge in [0.15, 0.2) is 5.78 Å². The molecular formula is C11H11NO3. The van der Waals surface area contributed by atoms with Gasteiger partial charge in [-0.15, -0.1) is 0 Å².